The van der Waals surface area contributed by atoms with Crippen molar-refractivity contribution in [2.45, 2.75) is 24.7 Å². The Morgan fingerprint density at radius 1 is 1.28 bits per heavy atom. The van der Waals surface area contributed by atoms with Gasteiger partial charge in [0.2, 0.25) is 0 Å². The number of hydrogen-bond acceptors (Lipinski definition) is 2. The highest BCUT2D eigenvalue weighted by atomic mass is 79.9. The number of carbonyl (C=O) groups excluding carboxylic acids is 1. The molecule has 0 bridgehead atoms. The smallest absolute Gasteiger partial charge is 0.148 e. The lowest BCUT2D eigenvalue weighted by atomic mass is 9.89. The van der Waals surface area contributed by atoms with Gasteiger partial charge in [0.1, 0.15) is 5.78 Å². The second-order valence-corrected chi connectivity index (χ2v) is 6.69. The molecule has 3 heteroatoms. The van der Waals surface area contributed by atoms with Gasteiger partial charge in [-0.15, -0.1) is 11.3 Å². The first kappa shape index (κ1) is 12.1. The number of hydrogen-bond donors (Lipinski definition) is 0. The molecule has 0 saturated heterocycles. The SMILES string of the molecule is O=C(Cc1cc(Br)cs1)C1(c2ccccc2)CC1. The molecule has 0 aliphatic heterocycles. The van der Waals surface area contributed by atoms with Gasteiger partial charge in [-0.2, -0.15) is 0 Å². The molecule has 1 aliphatic carbocycles. The maximum atomic E-state index is 12.5. The van der Waals surface area contributed by atoms with Crippen molar-refractivity contribution in [2.24, 2.45) is 0 Å². The number of ketones is 1. The summed E-state index contributed by atoms with van der Waals surface area (Å²) >= 11 is 5.08. The van der Waals surface area contributed by atoms with E-state index in [2.05, 4.69) is 28.1 Å². The van der Waals surface area contributed by atoms with Crippen molar-refractivity contribution in [2.75, 3.05) is 0 Å². The van der Waals surface area contributed by atoms with Crippen LogP contribution in [0.5, 0.6) is 0 Å². The van der Waals surface area contributed by atoms with Gasteiger partial charge < -0.3 is 0 Å². The summed E-state index contributed by atoms with van der Waals surface area (Å²) in [7, 11) is 0. The molecule has 0 radical (unpaired) electrons. The van der Waals surface area contributed by atoms with Gasteiger partial charge in [0.25, 0.3) is 0 Å². The Kier molecular flexibility index (Phi) is 3.12. The summed E-state index contributed by atoms with van der Waals surface area (Å²) in [5.41, 5.74) is 1.00. The number of thiophene rings is 1. The third-order valence-electron chi connectivity index (χ3n) is 3.57. The fraction of sp³-hybridized carbons (Fsp3) is 0.267. The van der Waals surface area contributed by atoms with Gasteiger partial charge in [-0.25, -0.2) is 0 Å². The van der Waals surface area contributed by atoms with E-state index in [9.17, 15) is 4.79 Å². The van der Waals surface area contributed by atoms with Crippen molar-refractivity contribution in [3.8, 4) is 0 Å². The molecule has 0 N–H and O–H groups in total. The second kappa shape index (κ2) is 4.63. The van der Waals surface area contributed by atoms with Gasteiger partial charge in [0, 0.05) is 21.2 Å². The van der Waals surface area contributed by atoms with E-state index in [1.807, 2.05) is 29.6 Å². The molecule has 0 spiro atoms. The molecule has 18 heavy (non-hydrogen) atoms. The maximum absolute atomic E-state index is 12.5. The van der Waals surface area contributed by atoms with E-state index >= 15 is 0 Å². The number of Topliss-reactive ketones (excluding diaryl/α,β-unsaturated/α-hetero) is 1. The fourth-order valence-corrected chi connectivity index (χ4v) is 3.83. The molecule has 1 aliphatic rings. The first-order valence-electron chi connectivity index (χ1n) is 6.02. The Balaban J connectivity index is 1.81. The van der Waals surface area contributed by atoms with Crippen LogP contribution in [0.3, 0.4) is 0 Å². The van der Waals surface area contributed by atoms with E-state index in [1.54, 1.807) is 11.3 Å². The minimum absolute atomic E-state index is 0.183. The van der Waals surface area contributed by atoms with Crippen LogP contribution in [0.4, 0.5) is 0 Å². The molecule has 1 heterocycles. The van der Waals surface area contributed by atoms with Crippen LogP contribution in [-0.2, 0) is 16.6 Å². The Labute approximate surface area is 119 Å². The van der Waals surface area contributed by atoms with E-state index in [1.165, 1.54) is 5.56 Å². The maximum Gasteiger partial charge on any atom is 0.148 e. The summed E-state index contributed by atoms with van der Waals surface area (Å²) < 4.78 is 1.07. The molecule has 1 nitrogen and oxygen atoms in total. The summed E-state index contributed by atoms with van der Waals surface area (Å²) in [4.78, 5) is 13.6. The van der Waals surface area contributed by atoms with Crippen molar-refractivity contribution in [3.63, 3.8) is 0 Å². The van der Waals surface area contributed by atoms with E-state index in [-0.39, 0.29) is 5.41 Å². The van der Waals surface area contributed by atoms with Crippen molar-refractivity contribution >= 4 is 33.0 Å². The molecule has 3 rings (SSSR count). The Morgan fingerprint density at radius 3 is 2.56 bits per heavy atom. The first-order chi connectivity index (χ1) is 8.71. The van der Waals surface area contributed by atoms with Crippen LogP contribution in [0.2, 0.25) is 0 Å². The molecular weight excluding hydrogens is 308 g/mol. The van der Waals surface area contributed by atoms with E-state index in [4.69, 9.17) is 0 Å². The van der Waals surface area contributed by atoms with Crippen LogP contribution in [-0.4, -0.2) is 5.78 Å². The monoisotopic (exact) mass is 320 g/mol. The highest BCUT2D eigenvalue weighted by Crippen LogP contribution is 2.49. The molecule has 92 valence electrons. The molecule has 0 unspecified atom stereocenters. The number of carbonyl (C=O) groups is 1. The molecule has 0 atom stereocenters. The molecule has 1 aromatic heterocycles. The minimum Gasteiger partial charge on any atom is -0.298 e. The van der Waals surface area contributed by atoms with Crippen LogP contribution in [0.25, 0.3) is 0 Å². The van der Waals surface area contributed by atoms with Crippen LogP contribution in [0.1, 0.15) is 23.3 Å². The van der Waals surface area contributed by atoms with Crippen molar-refractivity contribution in [1.82, 2.24) is 0 Å². The Bertz CT molecular complexity index is 569. The number of rotatable bonds is 4. The lowest BCUT2D eigenvalue weighted by Crippen LogP contribution is -2.22. The third kappa shape index (κ3) is 2.17. The van der Waals surface area contributed by atoms with Crippen molar-refractivity contribution in [1.29, 1.82) is 0 Å². The third-order valence-corrected chi connectivity index (χ3v) is 5.26. The summed E-state index contributed by atoms with van der Waals surface area (Å²) in [6, 6.07) is 12.2. The summed E-state index contributed by atoms with van der Waals surface area (Å²) in [6.45, 7) is 0. The highest BCUT2D eigenvalue weighted by Gasteiger charge is 2.50. The van der Waals surface area contributed by atoms with Crippen molar-refractivity contribution < 1.29 is 4.79 Å². The standard InChI is InChI=1S/C15H13BrOS/c16-12-8-13(18-10-12)9-14(17)15(6-7-15)11-4-2-1-3-5-11/h1-5,8,10H,6-7,9H2. The quantitative estimate of drug-likeness (QED) is 0.818. The first-order valence-corrected chi connectivity index (χ1v) is 7.70. The molecule has 0 amide bonds. The average molecular weight is 321 g/mol. The molecular formula is C15H13BrOS. The predicted octanol–water partition coefficient (Wildman–Crippen LogP) is 4.35. The highest BCUT2D eigenvalue weighted by molar-refractivity contribution is 9.10. The molecule has 1 aromatic carbocycles. The van der Waals surface area contributed by atoms with E-state index < -0.39 is 0 Å². The average Bonchev–Trinajstić information content (AvgIpc) is 3.10. The van der Waals surface area contributed by atoms with Gasteiger partial charge in [-0.3, -0.25) is 4.79 Å². The second-order valence-electron chi connectivity index (χ2n) is 4.78. The molecule has 1 fully saturated rings. The van der Waals surface area contributed by atoms with Crippen molar-refractivity contribution in [3.05, 3.63) is 56.7 Å². The van der Waals surface area contributed by atoms with Crippen LogP contribution >= 0.6 is 27.3 Å². The Hall–Kier alpha value is -0.930. The van der Waals surface area contributed by atoms with Crippen LogP contribution in [0, 0.1) is 0 Å². The zero-order chi connectivity index (χ0) is 12.6. The van der Waals surface area contributed by atoms with Crippen LogP contribution < -0.4 is 0 Å². The summed E-state index contributed by atoms with van der Waals surface area (Å²) in [5.74, 6) is 0.364. The minimum atomic E-state index is -0.183. The topological polar surface area (TPSA) is 17.1 Å². The van der Waals surface area contributed by atoms with Gasteiger partial charge in [0.15, 0.2) is 0 Å². The number of halogens is 1. The van der Waals surface area contributed by atoms with Crippen LogP contribution in [0.15, 0.2) is 46.3 Å². The van der Waals surface area contributed by atoms with Gasteiger partial charge in [0.05, 0.1) is 5.41 Å². The summed E-state index contributed by atoms with van der Waals surface area (Å²) in [5, 5.41) is 2.03. The molecule has 1 saturated carbocycles. The Morgan fingerprint density at radius 2 is 2.00 bits per heavy atom. The zero-order valence-corrected chi connectivity index (χ0v) is 12.3. The predicted molar refractivity (Wildman–Crippen MR) is 78.1 cm³/mol. The number of benzene rings is 1. The largest absolute Gasteiger partial charge is 0.298 e. The van der Waals surface area contributed by atoms with Gasteiger partial charge >= 0.3 is 0 Å². The lowest BCUT2D eigenvalue weighted by molar-refractivity contribution is -0.120. The van der Waals surface area contributed by atoms with E-state index in [0.717, 1.165) is 22.2 Å². The van der Waals surface area contributed by atoms with Gasteiger partial charge in [-0.05, 0) is 40.4 Å². The zero-order valence-electron chi connectivity index (χ0n) is 9.86. The lowest BCUT2D eigenvalue weighted by Gasteiger charge is -2.13. The van der Waals surface area contributed by atoms with Gasteiger partial charge in [-0.1, -0.05) is 30.3 Å². The van der Waals surface area contributed by atoms with E-state index in [0.29, 0.717) is 12.2 Å². The summed E-state index contributed by atoms with van der Waals surface area (Å²) in [6.07, 6.45) is 2.57. The molecule has 2 aromatic rings. The normalized spacial score (nSPS) is 16.5. The fourth-order valence-electron chi connectivity index (χ4n) is 2.38.